The van der Waals surface area contributed by atoms with E-state index in [1.807, 2.05) is 0 Å². The Morgan fingerprint density at radius 1 is 0.673 bits per heavy atom. The van der Waals surface area contributed by atoms with Gasteiger partial charge in [-0.25, -0.2) is 44.2 Å². The van der Waals surface area contributed by atoms with Gasteiger partial charge in [-0.1, -0.05) is 35.9 Å². The first-order valence-electron chi connectivity index (χ1n) is 17.0. The van der Waals surface area contributed by atoms with Crippen LogP contribution >= 0.6 is 11.6 Å². The number of aromatic nitrogens is 2. The zero-order valence-electron chi connectivity index (χ0n) is 30.2. The lowest BCUT2D eigenvalue weighted by Gasteiger charge is -2.31. The van der Waals surface area contributed by atoms with E-state index in [2.05, 4.69) is 15.3 Å². The third-order valence-corrected chi connectivity index (χ3v) is 11.6. The Bertz CT molecular complexity index is 2220. The molecule has 2 aliphatic heterocycles. The number of sulfonamides is 2. The molecule has 4 aromatic rings. The number of benzene rings is 2. The first-order valence-corrected chi connectivity index (χ1v) is 21.1. The number of nitrogen functional groups attached to an aromatic ring is 2. The zero-order valence-corrected chi connectivity index (χ0v) is 32.5. The summed E-state index contributed by atoms with van der Waals surface area (Å²) in [4.78, 5) is 32.4. The number of hydrogen-bond acceptors (Lipinski definition) is 12. The fraction of sp³-hybridized carbons (Fsp3) is 0.333. The molecule has 6 rings (SSSR count). The van der Waals surface area contributed by atoms with Crippen LogP contribution in [0.4, 0.5) is 26.2 Å². The Balaban J connectivity index is 0.000000204. The topological polar surface area (TPSA) is 225 Å². The molecular formula is C36H43ClF2N8O6S2. The van der Waals surface area contributed by atoms with Crippen molar-refractivity contribution in [1.82, 2.24) is 18.6 Å². The molecule has 19 heteroatoms. The first kappa shape index (κ1) is 43.1. The van der Waals surface area contributed by atoms with Crippen molar-refractivity contribution in [1.29, 1.82) is 0 Å². The van der Waals surface area contributed by atoms with Gasteiger partial charge in [0.1, 0.15) is 34.2 Å². The van der Waals surface area contributed by atoms with Crippen LogP contribution in [0.1, 0.15) is 57.5 Å². The molecule has 0 saturated carbocycles. The van der Waals surface area contributed by atoms with Crippen molar-refractivity contribution in [2.24, 2.45) is 5.73 Å². The van der Waals surface area contributed by atoms with E-state index < -0.39 is 43.2 Å². The highest BCUT2D eigenvalue weighted by molar-refractivity contribution is 7.88. The molecule has 55 heavy (non-hydrogen) atoms. The molecule has 2 aromatic heterocycles. The highest BCUT2D eigenvalue weighted by Crippen LogP contribution is 2.23. The number of nitrogens with zero attached hydrogens (tertiary/aromatic N) is 4. The molecule has 2 aliphatic rings. The number of halogens is 3. The van der Waals surface area contributed by atoms with Crippen LogP contribution in [-0.2, 0) is 20.0 Å². The minimum atomic E-state index is -3.17. The monoisotopic (exact) mass is 820 g/mol. The number of rotatable bonds is 8. The van der Waals surface area contributed by atoms with Crippen molar-refractivity contribution in [2.45, 2.75) is 37.8 Å². The summed E-state index contributed by atoms with van der Waals surface area (Å²) in [7, 11) is -6.14. The van der Waals surface area contributed by atoms with Crippen LogP contribution in [0.5, 0.6) is 0 Å². The summed E-state index contributed by atoms with van der Waals surface area (Å²) in [5.74, 6) is -1.73. The second-order valence-electron chi connectivity index (χ2n) is 12.9. The molecule has 0 radical (unpaired) electrons. The molecule has 0 amide bonds. The molecule has 7 N–H and O–H groups in total. The predicted molar refractivity (Wildman–Crippen MR) is 209 cm³/mol. The Labute approximate surface area is 324 Å². The SMILES string of the molecule is CS(=O)(=O)N1CCC(N)CC1.CS(=O)(=O)N1CCC(Nc2ccc(C(=O)c3ccccc3F)c(N)n2)CC1.Nc1nc(Cl)ccc1C(=O)c1ccccc1F. The highest BCUT2D eigenvalue weighted by Gasteiger charge is 2.26. The van der Waals surface area contributed by atoms with Gasteiger partial charge in [-0.05, 0) is 74.2 Å². The third kappa shape index (κ3) is 12.2. The fourth-order valence-electron chi connectivity index (χ4n) is 5.72. The normalized spacial score (nSPS) is 15.9. The van der Waals surface area contributed by atoms with E-state index in [4.69, 9.17) is 28.8 Å². The van der Waals surface area contributed by atoms with Crippen LogP contribution in [0.25, 0.3) is 0 Å². The van der Waals surface area contributed by atoms with E-state index in [0.717, 1.165) is 12.8 Å². The van der Waals surface area contributed by atoms with Crippen molar-refractivity contribution in [3.63, 3.8) is 0 Å². The standard InChI is InChI=1S/C18H21FN4O3S.C12H8ClFN2O.C6H14N2O2S/c1-27(25,26)23-10-8-12(9-11-23)21-16-7-6-14(18(20)22-16)17(24)13-4-2-3-5-15(13)19;13-10-6-5-8(12(15)16-10)11(17)7-3-1-2-4-9(7)14;1-11(9,10)8-4-2-6(7)3-5-8/h2-7,12H,8-11H2,1H3,(H3,20,21,22);1-6H,(H2,15,16);6H,2-5,7H2,1H3. The molecule has 14 nitrogen and oxygen atoms in total. The van der Waals surface area contributed by atoms with E-state index in [0.29, 0.717) is 44.8 Å². The zero-order chi connectivity index (χ0) is 40.5. The summed E-state index contributed by atoms with van der Waals surface area (Å²) >= 11 is 5.62. The van der Waals surface area contributed by atoms with Crippen molar-refractivity contribution in [2.75, 3.05) is 55.5 Å². The van der Waals surface area contributed by atoms with Gasteiger partial charge in [0.15, 0.2) is 11.6 Å². The molecule has 0 spiro atoms. The van der Waals surface area contributed by atoms with Crippen LogP contribution < -0.4 is 22.5 Å². The first-order chi connectivity index (χ1) is 25.8. The van der Waals surface area contributed by atoms with E-state index in [1.54, 1.807) is 18.2 Å². The van der Waals surface area contributed by atoms with Crippen molar-refractivity contribution >= 4 is 60.7 Å². The van der Waals surface area contributed by atoms with Crippen molar-refractivity contribution in [3.05, 3.63) is 112 Å². The maximum absolute atomic E-state index is 13.8. The number of carbonyl (C=O) groups is 2. The van der Waals surface area contributed by atoms with Crippen LogP contribution in [0.3, 0.4) is 0 Å². The summed E-state index contributed by atoms with van der Waals surface area (Å²) < 4.78 is 75.2. The van der Waals surface area contributed by atoms with Gasteiger partial charge in [-0.3, -0.25) is 9.59 Å². The van der Waals surface area contributed by atoms with Crippen LogP contribution in [0.15, 0.2) is 72.8 Å². The van der Waals surface area contributed by atoms with Gasteiger partial charge in [0.25, 0.3) is 0 Å². The van der Waals surface area contributed by atoms with E-state index in [9.17, 15) is 35.2 Å². The average molecular weight is 821 g/mol. The molecule has 2 fully saturated rings. The summed E-state index contributed by atoms with van der Waals surface area (Å²) in [6, 6.07) is 17.7. The van der Waals surface area contributed by atoms with Crippen LogP contribution in [-0.4, -0.2) is 97.8 Å². The molecule has 0 atom stereocenters. The number of pyridine rings is 2. The number of ketones is 2. The Kier molecular flexibility index (Phi) is 14.8. The maximum atomic E-state index is 13.8. The number of nitrogens with two attached hydrogens (primary N) is 3. The van der Waals surface area contributed by atoms with Gasteiger partial charge in [-0.2, -0.15) is 0 Å². The van der Waals surface area contributed by atoms with Crippen molar-refractivity contribution < 1.29 is 35.2 Å². The highest BCUT2D eigenvalue weighted by atomic mass is 35.5. The molecule has 2 saturated heterocycles. The predicted octanol–water partition coefficient (Wildman–Crippen LogP) is 3.93. The van der Waals surface area contributed by atoms with Crippen LogP contribution in [0, 0.1) is 11.6 Å². The summed E-state index contributed by atoms with van der Waals surface area (Å²) in [5.41, 5.74) is 17.3. The Morgan fingerprint density at radius 2 is 1.09 bits per heavy atom. The quantitative estimate of drug-likeness (QED) is 0.147. The minimum Gasteiger partial charge on any atom is -0.383 e. The molecule has 0 bridgehead atoms. The lowest BCUT2D eigenvalue weighted by molar-refractivity contribution is 0.102. The van der Waals surface area contributed by atoms with Crippen molar-refractivity contribution in [3.8, 4) is 0 Å². The Morgan fingerprint density at radius 3 is 1.51 bits per heavy atom. The van der Waals surface area contributed by atoms with E-state index in [-0.39, 0.29) is 51.1 Å². The van der Waals surface area contributed by atoms with Gasteiger partial charge in [0.05, 0.1) is 34.8 Å². The van der Waals surface area contributed by atoms with Gasteiger partial charge in [0.2, 0.25) is 20.0 Å². The number of nitrogens with one attached hydrogen (secondary N) is 1. The number of anilines is 3. The Hall–Kier alpha value is -4.59. The van der Waals surface area contributed by atoms with Gasteiger partial charge >= 0.3 is 0 Å². The largest absolute Gasteiger partial charge is 0.383 e. The molecule has 4 heterocycles. The molecule has 0 unspecified atom stereocenters. The lowest BCUT2D eigenvalue weighted by Crippen LogP contribution is -2.42. The number of hydrogen-bond donors (Lipinski definition) is 4. The fourth-order valence-corrected chi connectivity index (χ4v) is 7.62. The molecule has 0 aliphatic carbocycles. The van der Waals surface area contributed by atoms with E-state index >= 15 is 0 Å². The van der Waals surface area contributed by atoms with Gasteiger partial charge in [-0.15, -0.1) is 0 Å². The second kappa shape index (κ2) is 18.8. The van der Waals surface area contributed by atoms with Gasteiger partial charge in [0, 0.05) is 38.3 Å². The van der Waals surface area contributed by atoms with Crippen LogP contribution in [0.2, 0.25) is 5.15 Å². The number of piperidine rings is 2. The maximum Gasteiger partial charge on any atom is 0.211 e. The smallest absolute Gasteiger partial charge is 0.211 e. The average Bonchev–Trinajstić information content (AvgIpc) is 3.12. The van der Waals surface area contributed by atoms with Gasteiger partial charge < -0.3 is 22.5 Å². The third-order valence-electron chi connectivity index (χ3n) is 8.78. The summed E-state index contributed by atoms with van der Waals surface area (Å²) in [6.45, 7) is 2.05. The lowest BCUT2D eigenvalue weighted by atomic mass is 10.0. The molecular weight excluding hydrogens is 778 g/mol. The minimum absolute atomic E-state index is 0.00856. The second-order valence-corrected chi connectivity index (χ2v) is 17.2. The van der Waals surface area contributed by atoms with E-state index in [1.165, 1.54) is 75.7 Å². The molecule has 296 valence electrons. The molecule has 2 aromatic carbocycles. The number of carbonyl (C=O) groups excluding carboxylic acids is 2. The summed E-state index contributed by atoms with van der Waals surface area (Å²) in [6.07, 6.45) is 5.30. The summed E-state index contributed by atoms with van der Waals surface area (Å²) in [5, 5.41) is 3.40.